The molecule has 0 atom stereocenters. The number of hydrogen-bond acceptors (Lipinski definition) is 1. The molecule has 0 saturated heterocycles. The lowest BCUT2D eigenvalue weighted by molar-refractivity contribution is -0.123. The van der Waals surface area contributed by atoms with Crippen molar-refractivity contribution >= 4 is 5.78 Å². The zero-order valence-corrected chi connectivity index (χ0v) is 10.8. The fourth-order valence-corrected chi connectivity index (χ4v) is 1.92. The first-order valence-electron chi connectivity index (χ1n) is 6.78. The Hall–Kier alpha value is -0.330. The van der Waals surface area contributed by atoms with E-state index in [0.717, 1.165) is 32.1 Å². The van der Waals surface area contributed by atoms with E-state index in [9.17, 15) is 4.79 Å². The van der Waals surface area contributed by atoms with Crippen molar-refractivity contribution in [3.8, 4) is 0 Å². The molecule has 0 unspecified atom stereocenters. The summed E-state index contributed by atoms with van der Waals surface area (Å²) >= 11 is 0. The van der Waals surface area contributed by atoms with Crippen molar-refractivity contribution in [1.82, 2.24) is 0 Å². The maximum atomic E-state index is 11.9. The van der Waals surface area contributed by atoms with E-state index in [4.69, 9.17) is 0 Å². The normalized spacial score (nSPS) is 10.9. The van der Waals surface area contributed by atoms with Crippen LogP contribution in [-0.4, -0.2) is 5.78 Å². The molecule has 0 saturated carbocycles. The molecule has 0 N–H and O–H groups in total. The number of rotatable bonds is 10. The molecule has 0 amide bonds. The van der Waals surface area contributed by atoms with Crippen LogP contribution >= 0.6 is 0 Å². The number of Topliss-reactive ketones (excluding diaryl/α,β-unsaturated/α-hetero) is 1. The Morgan fingerprint density at radius 2 is 1.33 bits per heavy atom. The second-order valence-corrected chi connectivity index (χ2v) is 4.55. The molecule has 0 spiro atoms. The van der Waals surface area contributed by atoms with E-state index in [2.05, 4.69) is 20.8 Å². The summed E-state index contributed by atoms with van der Waals surface area (Å²) in [7, 11) is 0. The molecule has 0 radical (unpaired) electrons. The zero-order valence-electron chi connectivity index (χ0n) is 10.8. The van der Waals surface area contributed by atoms with Crippen molar-refractivity contribution in [2.24, 2.45) is 5.92 Å². The Morgan fingerprint density at radius 1 is 0.867 bits per heavy atom. The average molecular weight is 212 g/mol. The van der Waals surface area contributed by atoms with Crippen molar-refractivity contribution in [2.75, 3.05) is 0 Å². The van der Waals surface area contributed by atoms with Crippen LogP contribution in [0.3, 0.4) is 0 Å². The largest absolute Gasteiger partial charge is 0.299 e. The summed E-state index contributed by atoms with van der Waals surface area (Å²) in [5.41, 5.74) is 0. The minimum Gasteiger partial charge on any atom is -0.299 e. The molecule has 0 aliphatic rings. The lowest BCUT2D eigenvalue weighted by Gasteiger charge is -2.14. The molecule has 0 aliphatic carbocycles. The number of hydrogen-bond donors (Lipinski definition) is 0. The average Bonchev–Trinajstić information content (AvgIpc) is 2.26. The molecule has 0 aliphatic heterocycles. The Morgan fingerprint density at radius 3 is 1.73 bits per heavy atom. The van der Waals surface area contributed by atoms with Gasteiger partial charge in [-0.2, -0.15) is 0 Å². The van der Waals surface area contributed by atoms with Crippen molar-refractivity contribution < 1.29 is 4.79 Å². The highest BCUT2D eigenvalue weighted by atomic mass is 16.1. The number of carbonyl (C=O) groups is 1. The molecule has 15 heavy (non-hydrogen) atoms. The second-order valence-electron chi connectivity index (χ2n) is 4.55. The molecule has 0 aromatic heterocycles. The quantitative estimate of drug-likeness (QED) is 0.511. The van der Waals surface area contributed by atoms with Gasteiger partial charge in [-0.1, -0.05) is 52.9 Å². The van der Waals surface area contributed by atoms with Gasteiger partial charge in [-0.15, -0.1) is 0 Å². The van der Waals surface area contributed by atoms with E-state index in [1.54, 1.807) is 0 Å². The topological polar surface area (TPSA) is 17.1 Å². The van der Waals surface area contributed by atoms with Crippen LogP contribution in [0, 0.1) is 5.92 Å². The fourth-order valence-electron chi connectivity index (χ4n) is 1.92. The minimum absolute atomic E-state index is 0.372. The minimum atomic E-state index is 0.372. The zero-order chi connectivity index (χ0) is 11.5. The highest BCUT2D eigenvalue weighted by Crippen LogP contribution is 2.19. The summed E-state index contributed by atoms with van der Waals surface area (Å²) in [5, 5.41) is 0. The lowest BCUT2D eigenvalue weighted by atomic mass is 9.90. The van der Waals surface area contributed by atoms with E-state index in [-0.39, 0.29) is 0 Å². The summed E-state index contributed by atoms with van der Waals surface area (Å²) < 4.78 is 0. The summed E-state index contributed by atoms with van der Waals surface area (Å²) in [6.45, 7) is 6.56. The molecule has 0 heterocycles. The predicted molar refractivity (Wildman–Crippen MR) is 67.1 cm³/mol. The van der Waals surface area contributed by atoms with Crippen LogP contribution in [0.5, 0.6) is 0 Å². The molecular formula is C14H28O. The smallest absolute Gasteiger partial charge is 0.135 e. The van der Waals surface area contributed by atoms with Crippen LogP contribution in [0.4, 0.5) is 0 Å². The number of ketones is 1. The standard InChI is InChI=1S/C14H28O/c1-4-7-10-13(11-8-5-2)14(15)12-9-6-3/h13H,4-12H2,1-3H3. The molecule has 90 valence electrons. The molecular weight excluding hydrogens is 184 g/mol. The third-order valence-electron chi connectivity index (χ3n) is 3.04. The molecule has 0 fully saturated rings. The maximum Gasteiger partial charge on any atom is 0.135 e. The molecule has 1 heteroatoms. The molecule has 0 bridgehead atoms. The highest BCUT2D eigenvalue weighted by Gasteiger charge is 2.16. The van der Waals surface area contributed by atoms with E-state index in [1.165, 1.54) is 25.7 Å². The summed E-state index contributed by atoms with van der Waals surface area (Å²) in [4.78, 5) is 11.9. The molecule has 0 aromatic rings. The van der Waals surface area contributed by atoms with E-state index in [0.29, 0.717) is 11.7 Å². The summed E-state index contributed by atoms with van der Waals surface area (Å²) in [6.07, 6.45) is 10.1. The van der Waals surface area contributed by atoms with Gasteiger partial charge in [-0.05, 0) is 19.3 Å². The molecule has 1 nitrogen and oxygen atoms in total. The first kappa shape index (κ1) is 14.7. The van der Waals surface area contributed by atoms with Crippen molar-refractivity contribution in [3.63, 3.8) is 0 Å². The first-order chi connectivity index (χ1) is 7.26. The van der Waals surface area contributed by atoms with Crippen LogP contribution in [0.1, 0.15) is 78.6 Å². The van der Waals surface area contributed by atoms with E-state index < -0.39 is 0 Å². The van der Waals surface area contributed by atoms with Crippen molar-refractivity contribution in [2.45, 2.75) is 78.6 Å². The fraction of sp³-hybridized carbons (Fsp3) is 0.929. The van der Waals surface area contributed by atoms with Crippen LogP contribution in [-0.2, 0) is 4.79 Å². The van der Waals surface area contributed by atoms with Crippen molar-refractivity contribution in [1.29, 1.82) is 0 Å². The van der Waals surface area contributed by atoms with Gasteiger partial charge in [0.2, 0.25) is 0 Å². The van der Waals surface area contributed by atoms with Gasteiger partial charge in [0.25, 0.3) is 0 Å². The second kappa shape index (κ2) is 10.2. The van der Waals surface area contributed by atoms with Gasteiger partial charge >= 0.3 is 0 Å². The number of unbranched alkanes of at least 4 members (excludes halogenated alkanes) is 3. The summed E-state index contributed by atoms with van der Waals surface area (Å²) in [6, 6.07) is 0. The van der Waals surface area contributed by atoms with Crippen LogP contribution in [0.25, 0.3) is 0 Å². The molecule has 0 aromatic carbocycles. The van der Waals surface area contributed by atoms with Gasteiger partial charge in [0.05, 0.1) is 0 Å². The Labute approximate surface area is 95.6 Å². The Balaban J connectivity index is 3.90. The van der Waals surface area contributed by atoms with Gasteiger partial charge in [0.15, 0.2) is 0 Å². The van der Waals surface area contributed by atoms with Crippen molar-refractivity contribution in [3.05, 3.63) is 0 Å². The SMILES string of the molecule is CCCCC(=O)C(CCCC)CCCC. The highest BCUT2D eigenvalue weighted by molar-refractivity contribution is 5.80. The monoisotopic (exact) mass is 212 g/mol. The predicted octanol–water partition coefficient (Wildman–Crippen LogP) is 4.74. The lowest BCUT2D eigenvalue weighted by Crippen LogP contribution is -2.14. The maximum absolute atomic E-state index is 11.9. The van der Waals surface area contributed by atoms with Crippen LogP contribution < -0.4 is 0 Å². The summed E-state index contributed by atoms with van der Waals surface area (Å²) in [5.74, 6) is 0.898. The third-order valence-corrected chi connectivity index (χ3v) is 3.04. The van der Waals surface area contributed by atoms with Gasteiger partial charge < -0.3 is 0 Å². The van der Waals surface area contributed by atoms with E-state index >= 15 is 0 Å². The molecule has 0 rings (SSSR count). The van der Waals surface area contributed by atoms with Gasteiger partial charge in [-0.3, -0.25) is 4.79 Å². The van der Waals surface area contributed by atoms with Crippen LogP contribution in [0.15, 0.2) is 0 Å². The Bertz CT molecular complexity index is 143. The van der Waals surface area contributed by atoms with Gasteiger partial charge in [-0.25, -0.2) is 0 Å². The van der Waals surface area contributed by atoms with Gasteiger partial charge in [0.1, 0.15) is 5.78 Å². The third kappa shape index (κ3) is 7.58. The number of carbonyl (C=O) groups excluding carboxylic acids is 1. The van der Waals surface area contributed by atoms with E-state index in [1.807, 2.05) is 0 Å². The van der Waals surface area contributed by atoms with Crippen LogP contribution in [0.2, 0.25) is 0 Å². The van der Waals surface area contributed by atoms with Gasteiger partial charge in [0, 0.05) is 12.3 Å². The first-order valence-corrected chi connectivity index (χ1v) is 6.78. The Kier molecular flexibility index (Phi) is 9.97.